The maximum Gasteiger partial charge on any atom is 0.382 e. The molecule has 2 N–H and O–H groups in total. The van der Waals surface area contributed by atoms with Crippen molar-refractivity contribution in [3.63, 3.8) is 0 Å². The number of hydrogen-bond donors (Lipinski definition) is 2. The van der Waals surface area contributed by atoms with Crippen LogP contribution in [0.15, 0.2) is 0 Å². The summed E-state index contributed by atoms with van der Waals surface area (Å²) in [4.78, 5) is 11.7. The van der Waals surface area contributed by atoms with E-state index < -0.39 is 11.6 Å². The first-order chi connectivity index (χ1) is 10.3. The van der Waals surface area contributed by atoms with Crippen molar-refractivity contribution in [1.82, 2.24) is 5.32 Å². The number of unbranched alkanes of at least 4 members (excludes halogenated alkanes) is 8. The van der Waals surface area contributed by atoms with Gasteiger partial charge in [-0.05, 0) is 6.42 Å². The Morgan fingerprint density at radius 2 is 1.36 bits per heavy atom. The Labute approximate surface area is 137 Å². The second-order valence-corrected chi connectivity index (χ2v) is 7.29. The normalized spacial score (nSPS) is 14.8. The van der Waals surface area contributed by atoms with Gasteiger partial charge in [-0.2, -0.15) is 0 Å². The van der Waals surface area contributed by atoms with Gasteiger partial charge in [-0.1, -0.05) is 65.2 Å². The van der Waals surface area contributed by atoms with Gasteiger partial charge in [0.1, 0.15) is 0 Å². The lowest BCUT2D eigenvalue weighted by atomic mass is 10.0. The highest BCUT2D eigenvalue weighted by molar-refractivity contribution is 5.76. The molecule has 4 nitrogen and oxygen atoms in total. The molecule has 0 amide bonds. The van der Waals surface area contributed by atoms with Crippen molar-refractivity contribution >= 4 is 5.97 Å². The summed E-state index contributed by atoms with van der Waals surface area (Å²) in [7, 11) is 5.84. The molecule has 0 aliphatic heterocycles. The Morgan fingerprint density at radius 3 is 1.73 bits per heavy atom. The Balaban J connectivity index is 3.90. The van der Waals surface area contributed by atoms with Crippen LogP contribution < -0.4 is 5.32 Å². The van der Waals surface area contributed by atoms with Crippen LogP contribution in [0.25, 0.3) is 0 Å². The van der Waals surface area contributed by atoms with E-state index in [0.29, 0.717) is 10.9 Å². The molecule has 4 heteroatoms. The summed E-state index contributed by atoms with van der Waals surface area (Å²) in [5, 5.41) is 12.9. The minimum Gasteiger partial charge on any atom is -0.476 e. The van der Waals surface area contributed by atoms with Crippen LogP contribution in [0.1, 0.15) is 78.1 Å². The summed E-state index contributed by atoms with van der Waals surface area (Å²) in [6.07, 6.45) is 12.2. The maximum atomic E-state index is 11.7. The third kappa shape index (κ3) is 7.10. The first kappa shape index (κ1) is 21.4. The number of carboxylic acids is 1. The van der Waals surface area contributed by atoms with E-state index in [4.69, 9.17) is 0 Å². The third-order valence-corrected chi connectivity index (χ3v) is 4.71. The number of quaternary nitrogens is 1. The molecule has 0 saturated heterocycles. The third-order valence-electron chi connectivity index (χ3n) is 4.71. The van der Waals surface area contributed by atoms with Crippen molar-refractivity contribution in [3.05, 3.63) is 0 Å². The van der Waals surface area contributed by atoms with E-state index in [1.165, 1.54) is 51.4 Å². The monoisotopic (exact) mass is 315 g/mol. The summed E-state index contributed by atoms with van der Waals surface area (Å²) in [6, 6.07) is 0. The predicted octanol–water partition coefficient (Wildman–Crippen LogP) is 4.00. The number of hydrogen-bond acceptors (Lipinski definition) is 2. The number of rotatable bonds is 14. The van der Waals surface area contributed by atoms with Crippen LogP contribution in [0.2, 0.25) is 0 Å². The minimum absolute atomic E-state index is 0.399. The molecule has 22 heavy (non-hydrogen) atoms. The Kier molecular flexibility index (Phi) is 10.7. The lowest BCUT2D eigenvalue weighted by molar-refractivity contribution is -0.918. The van der Waals surface area contributed by atoms with Crippen LogP contribution in [0.5, 0.6) is 0 Å². The fourth-order valence-corrected chi connectivity index (χ4v) is 3.08. The van der Waals surface area contributed by atoms with Crippen molar-refractivity contribution in [2.75, 3.05) is 27.7 Å². The van der Waals surface area contributed by atoms with Crippen LogP contribution in [0, 0.1) is 0 Å². The lowest BCUT2D eigenvalue weighted by Crippen LogP contribution is -2.69. The smallest absolute Gasteiger partial charge is 0.382 e. The van der Waals surface area contributed by atoms with E-state index in [1.54, 1.807) is 0 Å². The first-order valence-electron chi connectivity index (χ1n) is 9.11. The molecule has 132 valence electrons. The molecule has 0 fully saturated rings. The average Bonchev–Trinajstić information content (AvgIpc) is 2.43. The second kappa shape index (κ2) is 11.0. The van der Waals surface area contributed by atoms with Gasteiger partial charge < -0.3 is 9.59 Å². The zero-order valence-corrected chi connectivity index (χ0v) is 15.6. The topological polar surface area (TPSA) is 49.3 Å². The Bertz CT molecular complexity index is 300. The second-order valence-electron chi connectivity index (χ2n) is 7.29. The molecule has 0 aromatic carbocycles. The molecule has 0 aliphatic carbocycles. The van der Waals surface area contributed by atoms with Crippen LogP contribution in [-0.4, -0.2) is 48.9 Å². The van der Waals surface area contributed by atoms with Gasteiger partial charge in [0, 0.05) is 13.0 Å². The molecular weight excluding hydrogens is 276 g/mol. The van der Waals surface area contributed by atoms with E-state index in [-0.39, 0.29) is 0 Å². The largest absolute Gasteiger partial charge is 0.476 e. The number of aliphatic carboxylic acids is 1. The number of likely N-dealkylation sites (N-methyl/N-ethyl adjacent to an activating group) is 1. The average molecular weight is 316 g/mol. The summed E-state index contributed by atoms with van der Waals surface area (Å²) in [5.74, 6) is -0.751. The molecule has 0 rings (SSSR count). The molecule has 0 saturated carbocycles. The van der Waals surface area contributed by atoms with Gasteiger partial charge in [0.05, 0.1) is 21.1 Å². The van der Waals surface area contributed by atoms with Crippen molar-refractivity contribution < 1.29 is 14.4 Å². The fraction of sp³-hybridized carbons (Fsp3) is 0.944. The van der Waals surface area contributed by atoms with Crippen molar-refractivity contribution in [3.8, 4) is 0 Å². The van der Waals surface area contributed by atoms with E-state index in [9.17, 15) is 9.90 Å². The van der Waals surface area contributed by atoms with Crippen molar-refractivity contribution in [1.29, 1.82) is 0 Å². The fourth-order valence-electron chi connectivity index (χ4n) is 3.08. The molecule has 0 bridgehead atoms. The molecule has 0 radical (unpaired) electrons. The summed E-state index contributed by atoms with van der Waals surface area (Å²) < 4.78 is 0.399. The molecule has 1 atom stereocenters. The number of carboxylic acid groups (broad SMARTS) is 1. The number of nitrogens with zero attached hydrogens (tertiary/aromatic N) is 1. The van der Waals surface area contributed by atoms with E-state index in [0.717, 1.165) is 13.0 Å². The van der Waals surface area contributed by atoms with Crippen LogP contribution in [0.4, 0.5) is 0 Å². The standard InChI is InChI=1S/C18H38N2O2/c1-6-8-9-10-11-12-13-14-15-16-19-18(7-2,17(21)22)20(3,4)5/h19H,6-16H2,1-5H3/p+1. The quantitative estimate of drug-likeness (QED) is 0.289. The van der Waals surface area contributed by atoms with Gasteiger partial charge >= 0.3 is 5.97 Å². The Hall–Kier alpha value is -0.610. The molecule has 0 aromatic rings. The zero-order chi connectivity index (χ0) is 17.1. The SMILES string of the molecule is CCCCCCCCCCCNC(CC)(C(=O)O)[N+](C)(C)C. The van der Waals surface area contributed by atoms with Gasteiger partial charge in [0.2, 0.25) is 0 Å². The summed E-state index contributed by atoms with van der Waals surface area (Å²) in [6.45, 7) is 4.98. The number of carbonyl (C=O) groups is 1. The van der Waals surface area contributed by atoms with Crippen LogP contribution in [-0.2, 0) is 4.79 Å². The predicted molar refractivity (Wildman–Crippen MR) is 93.9 cm³/mol. The Morgan fingerprint density at radius 1 is 0.909 bits per heavy atom. The maximum absolute atomic E-state index is 11.7. The van der Waals surface area contributed by atoms with Crippen LogP contribution in [0.3, 0.4) is 0 Å². The minimum atomic E-state index is -0.875. The lowest BCUT2D eigenvalue weighted by Gasteiger charge is -2.42. The summed E-state index contributed by atoms with van der Waals surface area (Å²) >= 11 is 0. The highest BCUT2D eigenvalue weighted by atomic mass is 16.4. The number of nitrogens with one attached hydrogen (secondary N) is 1. The molecule has 0 aromatic heterocycles. The van der Waals surface area contributed by atoms with Gasteiger partial charge in [-0.3, -0.25) is 5.32 Å². The van der Waals surface area contributed by atoms with Crippen LogP contribution >= 0.6 is 0 Å². The van der Waals surface area contributed by atoms with Crippen molar-refractivity contribution in [2.45, 2.75) is 83.7 Å². The van der Waals surface area contributed by atoms with Crippen molar-refractivity contribution in [2.24, 2.45) is 0 Å². The highest BCUT2D eigenvalue weighted by Gasteiger charge is 2.48. The first-order valence-corrected chi connectivity index (χ1v) is 9.11. The molecule has 0 heterocycles. The van der Waals surface area contributed by atoms with E-state index >= 15 is 0 Å². The summed E-state index contributed by atoms with van der Waals surface area (Å²) in [5.41, 5.74) is -0.875. The molecule has 0 spiro atoms. The van der Waals surface area contributed by atoms with E-state index in [1.807, 2.05) is 28.1 Å². The van der Waals surface area contributed by atoms with Gasteiger partial charge in [-0.15, -0.1) is 0 Å². The van der Waals surface area contributed by atoms with Gasteiger partial charge in [-0.25, -0.2) is 4.79 Å². The zero-order valence-electron chi connectivity index (χ0n) is 15.6. The molecule has 0 aliphatic rings. The van der Waals surface area contributed by atoms with E-state index in [2.05, 4.69) is 12.2 Å². The van der Waals surface area contributed by atoms with Gasteiger partial charge in [0.15, 0.2) is 0 Å². The molecule has 1 unspecified atom stereocenters. The highest BCUT2D eigenvalue weighted by Crippen LogP contribution is 2.20. The van der Waals surface area contributed by atoms with Gasteiger partial charge in [0.25, 0.3) is 5.66 Å². The molecular formula is C18H39N2O2+.